The van der Waals surface area contributed by atoms with Crippen molar-refractivity contribution in [3.63, 3.8) is 0 Å². The van der Waals surface area contributed by atoms with E-state index in [4.69, 9.17) is 10.2 Å². The van der Waals surface area contributed by atoms with Gasteiger partial charge in [0.25, 0.3) is 0 Å². The second-order valence-corrected chi connectivity index (χ2v) is 6.39. The minimum atomic E-state index is -0.967. The second kappa shape index (κ2) is 19.2. The summed E-state index contributed by atoms with van der Waals surface area (Å²) >= 11 is 0. The molecule has 0 aromatic heterocycles. The molecule has 24 heavy (non-hydrogen) atoms. The van der Waals surface area contributed by atoms with Gasteiger partial charge < -0.3 is 10.2 Å². The Morgan fingerprint density at radius 1 is 0.667 bits per heavy atom. The van der Waals surface area contributed by atoms with Gasteiger partial charge in [-0.2, -0.15) is 0 Å². The van der Waals surface area contributed by atoms with Gasteiger partial charge in [0.2, 0.25) is 0 Å². The SMILES string of the molecule is CCCCCCCCCCCCCCN(CC(=O)O)CC(=O)O.[NaH]. The molecule has 2 N–H and O–H groups in total. The van der Waals surface area contributed by atoms with Gasteiger partial charge in [-0.15, -0.1) is 0 Å². The maximum absolute atomic E-state index is 10.7. The van der Waals surface area contributed by atoms with E-state index in [-0.39, 0.29) is 42.6 Å². The summed E-state index contributed by atoms with van der Waals surface area (Å²) in [6, 6.07) is 0. The van der Waals surface area contributed by atoms with Crippen molar-refractivity contribution >= 4 is 41.5 Å². The topological polar surface area (TPSA) is 77.8 Å². The van der Waals surface area contributed by atoms with Crippen LogP contribution >= 0.6 is 0 Å². The van der Waals surface area contributed by atoms with Crippen LogP contribution in [0.2, 0.25) is 0 Å². The van der Waals surface area contributed by atoms with Gasteiger partial charge in [0.1, 0.15) is 0 Å². The number of aliphatic carboxylic acids is 2. The monoisotopic (exact) mass is 353 g/mol. The van der Waals surface area contributed by atoms with Crippen LogP contribution < -0.4 is 0 Å². The standard InChI is InChI=1S/C18H35NO4.Na.H/c1-2-3-4-5-6-7-8-9-10-11-12-13-14-19(15-17(20)21)16-18(22)23;;/h2-16H2,1H3,(H,20,21)(H,22,23);;. The summed E-state index contributed by atoms with van der Waals surface area (Å²) in [7, 11) is 0. The summed E-state index contributed by atoms with van der Waals surface area (Å²) in [4.78, 5) is 22.8. The Labute approximate surface area is 169 Å². The fraction of sp³-hybridized carbons (Fsp3) is 0.889. The van der Waals surface area contributed by atoms with Crippen molar-refractivity contribution in [2.45, 2.75) is 84.0 Å². The van der Waals surface area contributed by atoms with Crippen LogP contribution in [0.4, 0.5) is 0 Å². The van der Waals surface area contributed by atoms with Crippen LogP contribution in [-0.2, 0) is 9.59 Å². The van der Waals surface area contributed by atoms with Crippen LogP contribution in [0.15, 0.2) is 0 Å². The summed E-state index contributed by atoms with van der Waals surface area (Å²) in [5.74, 6) is -1.93. The van der Waals surface area contributed by atoms with Crippen LogP contribution in [0.3, 0.4) is 0 Å². The Morgan fingerprint density at radius 3 is 1.33 bits per heavy atom. The molecule has 0 bridgehead atoms. The second-order valence-electron chi connectivity index (χ2n) is 6.39. The molecule has 6 heteroatoms. The number of carboxylic acid groups (broad SMARTS) is 2. The first-order valence-corrected chi connectivity index (χ1v) is 9.22. The first-order chi connectivity index (χ1) is 11.1. The van der Waals surface area contributed by atoms with Crippen LogP contribution in [-0.4, -0.2) is 76.2 Å². The zero-order valence-corrected chi connectivity index (χ0v) is 14.8. The predicted molar refractivity (Wildman–Crippen MR) is 99.9 cm³/mol. The summed E-state index contributed by atoms with van der Waals surface area (Å²) in [5, 5.41) is 17.5. The van der Waals surface area contributed by atoms with E-state index in [9.17, 15) is 9.59 Å². The normalized spacial score (nSPS) is 10.6. The minimum absolute atomic E-state index is 0. The maximum atomic E-state index is 10.7. The fourth-order valence-corrected chi connectivity index (χ4v) is 2.77. The molecule has 0 saturated heterocycles. The zero-order valence-electron chi connectivity index (χ0n) is 14.8. The molecule has 0 spiro atoms. The van der Waals surface area contributed by atoms with Crippen molar-refractivity contribution in [2.75, 3.05) is 19.6 Å². The molecule has 0 aliphatic heterocycles. The van der Waals surface area contributed by atoms with Gasteiger partial charge in [-0.3, -0.25) is 14.5 Å². The van der Waals surface area contributed by atoms with Crippen molar-refractivity contribution < 1.29 is 19.8 Å². The molecule has 0 saturated carbocycles. The van der Waals surface area contributed by atoms with Crippen molar-refractivity contribution in [2.24, 2.45) is 0 Å². The fourth-order valence-electron chi connectivity index (χ4n) is 2.77. The third kappa shape index (κ3) is 19.9. The van der Waals surface area contributed by atoms with Crippen molar-refractivity contribution in [1.29, 1.82) is 0 Å². The molecule has 0 amide bonds. The third-order valence-corrected chi connectivity index (χ3v) is 4.05. The number of nitrogens with zero attached hydrogens (tertiary/aromatic N) is 1. The molecule has 0 radical (unpaired) electrons. The molecule has 5 nitrogen and oxygen atoms in total. The van der Waals surface area contributed by atoms with E-state index in [0.29, 0.717) is 6.54 Å². The predicted octanol–water partition coefficient (Wildman–Crippen LogP) is 3.51. The molecule has 0 unspecified atom stereocenters. The first kappa shape index (κ1) is 26.1. The summed E-state index contributed by atoms with van der Waals surface area (Å²) < 4.78 is 0. The summed E-state index contributed by atoms with van der Waals surface area (Å²) in [6.07, 6.45) is 15.0. The van der Waals surface area contributed by atoms with Gasteiger partial charge in [-0.25, -0.2) is 0 Å². The van der Waals surface area contributed by atoms with Gasteiger partial charge in [-0.1, -0.05) is 77.6 Å². The number of carbonyl (C=O) groups is 2. The van der Waals surface area contributed by atoms with E-state index in [1.54, 1.807) is 0 Å². The van der Waals surface area contributed by atoms with E-state index < -0.39 is 11.9 Å². The van der Waals surface area contributed by atoms with E-state index in [0.717, 1.165) is 19.3 Å². The molecule has 0 aromatic carbocycles. The number of rotatable bonds is 17. The molecule has 0 atom stereocenters. The van der Waals surface area contributed by atoms with Gasteiger partial charge in [0.15, 0.2) is 0 Å². The van der Waals surface area contributed by atoms with Crippen LogP contribution in [0.5, 0.6) is 0 Å². The average Bonchev–Trinajstić information content (AvgIpc) is 2.47. The van der Waals surface area contributed by atoms with Crippen molar-refractivity contribution in [1.82, 2.24) is 4.90 Å². The quantitative estimate of drug-likeness (QED) is 0.309. The Hall–Kier alpha value is -0.100. The Bertz CT molecular complexity index is 297. The first-order valence-electron chi connectivity index (χ1n) is 9.22. The Balaban J connectivity index is 0. The van der Waals surface area contributed by atoms with Crippen molar-refractivity contribution in [3.8, 4) is 0 Å². The van der Waals surface area contributed by atoms with Gasteiger partial charge in [-0.05, 0) is 13.0 Å². The summed E-state index contributed by atoms with van der Waals surface area (Å²) in [5.41, 5.74) is 0. The third-order valence-electron chi connectivity index (χ3n) is 4.05. The molecular weight excluding hydrogens is 317 g/mol. The van der Waals surface area contributed by atoms with Crippen molar-refractivity contribution in [3.05, 3.63) is 0 Å². The molecule has 0 aliphatic carbocycles. The molecule has 138 valence electrons. The van der Waals surface area contributed by atoms with E-state index in [2.05, 4.69) is 6.92 Å². The number of unbranched alkanes of at least 4 members (excludes halogenated alkanes) is 11. The van der Waals surface area contributed by atoms with Gasteiger partial charge >= 0.3 is 41.5 Å². The van der Waals surface area contributed by atoms with Gasteiger partial charge in [0, 0.05) is 0 Å². The molecule has 0 aromatic rings. The van der Waals surface area contributed by atoms with Gasteiger partial charge in [0.05, 0.1) is 13.1 Å². The number of hydrogen-bond acceptors (Lipinski definition) is 3. The molecule has 0 fully saturated rings. The molecule has 0 rings (SSSR count). The molecule has 0 aliphatic rings. The number of hydrogen-bond donors (Lipinski definition) is 2. The van der Waals surface area contributed by atoms with Crippen LogP contribution in [0.1, 0.15) is 84.0 Å². The van der Waals surface area contributed by atoms with E-state index in [1.165, 1.54) is 62.7 Å². The Morgan fingerprint density at radius 2 is 1.00 bits per heavy atom. The van der Waals surface area contributed by atoms with E-state index in [1.807, 2.05) is 0 Å². The van der Waals surface area contributed by atoms with E-state index >= 15 is 0 Å². The number of carboxylic acids is 2. The Kier molecular flexibility index (Phi) is 20.9. The molecule has 0 heterocycles. The molecular formula is C18H36NNaO4. The van der Waals surface area contributed by atoms with Crippen LogP contribution in [0, 0.1) is 0 Å². The van der Waals surface area contributed by atoms with Crippen LogP contribution in [0.25, 0.3) is 0 Å². The average molecular weight is 353 g/mol. The zero-order chi connectivity index (χ0) is 17.3. The summed E-state index contributed by atoms with van der Waals surface area (Å²) in [6.45, 7) is 2.41.